The number of aromatic nitrogens is 3. The lowest BCUT2D eigenvalue weighted by molar-refractivity contribution is 0.311. The van der Waals surface area contributed by atoms with Gasteiger partial charge in [-0.2, -0.15) is 15.0 Å². The third-order valence-corrected chi connectivity index (χ3v) is 1.92. The summed E-state index contributed by atoms with van der Waals surface area (Å²) in [6.45, 7) is 5.33. The molecule has 84 valence electrons. The van der Waals surface area contributed by atoms with Gasteiger partial charge in [0.2, 0.25) is 11.2 Å². The smallest absolute Gasteiger partial charge is 0.322 e. The first-order valence-corrected chi connectivity index (χ1v) is 5.30. The average Bonchev–Trinajstić information content (AvgIpc) is 2.17. The Balaban J connectivity index is 2.87. The maximum absolute atomic E-state index is 5.76. The molecule has 5 nitrogen and oxygen atoms in total. The van der Waals surface area contributed by atoms with Crippen molar-refractivity contribution in [1.29, 1.82) is 0 Å². The van der Waals surface area contributed by atoms with Crippen LogP contribution in [0.4, 0.5) is 5.95 Å². The van der Waals surface area contributed by atoms with Gasteiger partial charge in [-0.25, -0.2) is 0 Å². The zero-order valence-electron chi connectivity index (χ0n) is 9.20. The molecule has 1 aromatic heterocycles. The fourth-order valence-corrected chi connectivity index (χ4v) is 1.27. The fourth-order valence-electron chi connectivity index (χ4n) is 1.12. The number of nitrogens with zero attached hydrogens (tertiary/aromatic N) is 4. The normalized spacial score (nSPS) is 10.1. The second-order valence-corrected chi connectivity index (χ2v) is 3.38. The van der Waals surface area contributed by atoms with Crippen LogP contribution in [-0.4, -0.2) is 35.2 Å². The summed E-state index contributed by atoms with van der Waals surface area (Å²) in [5, 5.41) is 0.159. The van der Waals surface area contributed by atoms with Gasteiger partial charge in [-0.15, -0.1) is 0 Å². The van der Waals surface area contributed by atoms with Gasteiger partial charge in [0.25, 0.3) is 0 Å². The molecule has 0 aliphatic carbocycles. The van der Waals surface area contributed by atoms with E-state index in [0.717, 1.165) is 13.0 Å². The Bertz CT molecular complexity index is 321. The number of halogens is 1. The first-order chi connectivity index (χ1) is 7.17. The molecule has 0 aliphatic heterocycles. The van der Waals surface area contributed by atoms with Crippen LogP contribution < -0.4 is 9.64 Å². The van der Waals surface area contributed by atoms with Crippen LogP contribution in [0.25, 0.3) is 0 Å². The van der Waals surface area contributed by atoms with E-state index in [-0.39, 0.29) is 11.3 Å². The number of ether oxygens (including phenoxy) is 1. The van der Waals surface area contributed by atoms with Gasteiger partial charge in [-0.1, -0.05) is 6.92 Å². The molecule has 0 aliphatic rings. The third-order valence-electron chi connectivity index (χ3n) is 1.75. The highest BCUT2D eigenvalue weighted by Crippen LogP contribution is 2.14. The lowest BCUT2D eigenvalue weighted by Gasteiger charge is -2.15. The molecule has 1 rings (SSSR count). The van der Waals surface area contributed by atoms with Crippen LogP contribution in [0.1, 0.15) is 20.3 Å². The fraction of sp³-hybridized carbons (Fsp3) is 0.667. The Labute approximate surface area is 94.5 Å². The quantitative estimate of drug-likeness (QED) is 0.772. The van der Waals surface area contributed by atoms with Gasteiger partial charge in [0.05, 0.1) is 6.61 Å². The van der Waals surface area contributed by atoms with Crippen molar-refractivity contribution in [3.63, 3.8) is 0 Å². The zero-order valence-corrected chi connectivity index (χ0v) is 9.95. The molecule has 0 atom stereocenters. The average molecular weight is 231 g/mol. The van der Waals surface area contributed by atoms with Crippen molar-refractivity contribution in [2.75, 3.05) is 25.1 Å². The molecule has 1 aromatic rings. The molecular formula is C9H15ClN4O. The second-order valence-electron chi connectivity index (χ2n) is 3.04. The van der Waals surface area contributed by atoms with Crippen molar-refractivity contribution < 1.29 is 4.74 Å². The lowest BCUT2D eigenvalue weighted by atomic mass is 10.4. The van der Waals surface area contributed by atoms with Crippen LogP contribution in [-0.2, 0) is 0 Å². The number of hydrogen-bond donors (Lipinski definition) is 0. The highest BCUT2D eigenvalue weighted by molar-refractivity contribution is 6.28. The van der Waals surface area contributed by atoms with Crippen LogP contribution in [0.2, 0.25) is 5.28 Å². The van der Waals surface area contributed by atoms with Gasteiger partial charge in [0.15, 0.2) is 0 Å². The van der Waals surface area contributed by atoms with E-state index in [1.165, 1.54) is 0 Å². The summed E-state index contributed by atoms with van der Waals surface area (Å²) in [5.74, 6) is 0.542. The SMILES string of the molecule is CCCN(C)c1nc(Cl)nc(OCC)n1. The molecule has 0 aromatic carbocycles. The number of hydrogen-bond acceptors (Lipinski definition) is 5. The van der Waals surface area contributed by atoms with E-state index in [4.69, 9.17) is 16.3 Å². The first kappa shape index (κ1) is 12.0. The zero-order chi connectivity index (χ0) is 11.3. The van der Waals surface area contributed by atoms with Gasteiger partial charge < -0.3 is 9.64 Å². The molecule has 0 spiro atoms. The van der Waals surface area contributed by atoms with E-state index in [1.807, 2.05) is 18.9 Å². The highest BCUT2D eigenvalue weighted by atomic mass is 35.5. The van der Waals surface area contributed by atoms with E-state index in [1.54, 1.807) is 0 Å². The van der Waals surface area contributed by atoms with Crippen LogP contribution in [0, 0.1) is 0 Å². The molecule has 0 saturated heterocycles. The van der Waals surface area contributed by atoms with E-state index >= 15 is 0 Å². The molecule has 0 radical (unpaired) electrons. The molecule has 0 N–H and O–H groups in total. The summed E-state index contributed by atoms with van der Waals surface area (Å²) in [6, 6.07) is 0.274. The molecular weight excluding hydrogens is 216 g/mol. The van der Waals surface area contributed by atoms with Crippen LogP contribution >= 0.6 is 11.6 Å². The van der Waals surface area contributed by atoms with Crippen molar-refractivity contribution >= 4 is 17.5 Å². The molecule has 0 fully saturated rings. The van der Waals surface area contributed by atoms with E-state index < -0.39 is 0 Å². The van der Waals surface area contributed by atoms with Gasteiger partial charge in [0, 0.05) is 13.6 Å². The number of rotatable bonds is 5. The maximum atomic E-state index is 5.76. The molecule has 15 heavy (non-hydrogen) atoms. The molecule has 0 amide bonds. The molecule has 0 unspecified atom stereocenters. The van der Waals surface area contributed by atoms with Gasteiger partial charge in [0.1, 0.15) is 0 Å². The molecule has 6 heteroatoms. The topological polar surface area (TPSA) is 51.1 Å². The minimum atomic E-state index is 0.159. The highest BCUT2D eigenvalue weighted by Gasteiger charge is 2.08. The number of anilines is 1. The van der Waals surface area contributed by atoms with E-state index in [0.29, 0.717) is 12.6 Å². The van der Waals surface area contributed by atoms with E-state index in [9.17, 15) is 0 Å². The van der Waals surface area contributed by atoms with Crippen molar-refractivity contribution in [1.82, 2.24) is 15.0 Å². The largest absolute Gasteiger partial charge is 0.464 e. The van der Waals surface area contributed by atoms with Gasteiger partial charge in [-0.05, 0) is 24.9 Å². The van der Waals surface area contributed by atoms with Crippen LogP contribution in [0.15, 0.2) is 0 Å². The molecule has 1 heterocycles. The van der Waals surface area contributed by atoms with Crippen LogP contribution in [0.3, 0.4) is 0 Å². The minimum absolute atomic E-state index is 0.159. The Morgan fingerprint density at radius 1 is 1.27 bits per heavy atom. The van der Waals surface area contributed by atoms with Crippen molar-refractivity contribution in [3.05, 3.63) is 5.28 Å². The van der Waals surface area contributed by atoms with Gasteiger partial charge in [-0.3, -0.25) is 0 Å². The van der Waals surface area contributed by atoms with Crippen molar-refractivity contribution in [2.24, 2.45) is 0 Å². The standard InChI is InChI=1S/C9H15ClN4O/c1-4-6-14(3)8-11-7(10)12-9(13-8)15-5-2/h4-6H2,1-3H3. The Hall–Kier alpha value is -1.10. The third kappa shape index (κ3) is 3.51. The van der Waals surface area contributed by atoms with Crippen LogP contribution in [0.5, 0.6) is 6.01 Å². The summed E-state index contributed by atoms with van der Waals surface area (Å²) in [5.41, 5.74) is 0. The lowest BCUT2D eigenvalue weighted by Crippen LogP contribution is -2.21. The predicted molar refractivity (Wildman–Crippen MR) is 59.6 cm³/mol. The summed E-state index contributed by atoms with van der Waals surface area (Å²) in [7, 11) is 1.91. The minimum Gasteiger partial charge on any atom is -0.464 e. The van der Waals surface area contributed by atoms with Gasteiger partial charge >= 0.3 is 6.01 Å². The predicted octanol–water partition coefficient (Wildman–Crippen LogP) is 1.77. The maximum Gasteiger partial charge on any atom is 0.322 e. The first-order valence-electron chi connectivity index (χ1n) is 4.92. The summed E-state index contributed by atoms with van der Waals surface area (Å²) < 4.78 is 5.18. The second kappa shape index (κ2) is 5.70. The van der Waals surface area contributed by atoms with Crippen molar-refractivity contribution in [3.8, 4) is 6.01 Å². The molecule has 0 bridgehead atoms. The van der Waals surface area contributed by atoms with Crippen molar-refractivity contribution in [2.45, 2.75) is 20.3 Å². The Morgan fingerprint density at radius 2 is 2.00 bits per heavy atom. The summed E-state index contributed by atoms with van der Waals surface area (Å²) in [6.07, 6.45) is 1.02. The monoisotopic (exact) mass is 230 g/mol. The molecule has 0 saturated carbocycles. The Kier molecular flexibility index (Phi) is 4.55. The summed E-state index contributed by atoms with van der Waals surface area (Å²) in [4.78, 5) is 13.9. The Morgan fingerprint density at radius 3 is 2.60 bits per heavy atom. The van der Waals surface area contributed by atoms with E-state index in [2.05, 4.69) is 21.9 Å². The summed E-state index contributed by atoms with van der Waals surface area (Å²) >= 11 is 5.76.